The van der Waals surface area contributed by atoms with E-state index in [1.54, 1.807) is 31.2 Å². The molecule has 0 aromatic heterocycles. The first-order valence-corrected chi connectivity index (χ1v) is 18.6. The number of benzene rings is 2. The number of nitrogens with one attached hydrogen (secondary N) is 1. The van der Waals surface area contributed by atoms with Gasteiger partial charge in [0.25, 0.3) is 5.91 Å². The van der Waals surface area contributed by atoms with Gasteiger partial charge in [0.2, 0.25) is 10.0 Å². The largest absolute Gasteiger partial charge is 0.490 e. The molecule has 1 amide bonds. The number of nitrogens with zero attached hydrogens (tertiary/aromatic N) is 1. The van der Waals surface area contributed by atoms with E-state index in [1.165, 1.54) is 11.1 Å². The molecule has 0 radical (unpaired) electrons. The highest BCUT2D eigenvalue weighted by Crippen LogP contribution is 2.48. The standard InChI is InChI=1S/C37H45ClN2O5S/c1-4-5-6-18-37(42)19-7-9-25(2)26(3)46(43,44)39-35(41)28-12-16-34-33(21-28)40(22-29-11-14-32(29)37)23-36(24-45-34)17-8-10-27-20-30(38)13-15-31(27)36/h7,12-13,15-16,19-21,25-26,29,32,42H,4-5,8-11,14,17,22-24H2,1-3H3,(H,39,41)/b19-7+/t25-,26+,29-,32+,36-,37-/m0/s1. The fourth-order valence-corrected chi connectivity index (χ4v) is 9.21. The molecule has 1 saturated carbocycles. The molecule has 6 atom stereocenters. The third-order valence-corrected chi connectivity index (χ3v) is 13.0. The fraction of sp³-hybridized carbons (Fsp3) is 0.541. The zero-order valence-corrected chi connectivity index (χ0v) is 28.6. The van der Waals surface area contributed by atoms with Crippen molar-refractivity contribution >= 4 is 33.2 Å². The number of carbonyl (C=O) groups is 1. The first kappa shape index (κ1) is 32.9. The highest BCUT2D eigenvalue weighted by atomic mass is 35.5. The number of rotatable bonds is 1. The number of aryl methyl sites for hydroxylation is 1. The maximum atomic E-state index is 13.5. The van der Waals surface area contributed by atoms with Crippen molar-refractivity contribution in [2.75, 3.05) is 24.6 Å². The van der Waals surface area contributed by atoms with Crippen LogP contribution in [0.15, 0.2) is 48.6 Å². The quantitative estimate of drug-likeness (QED) is 0.270. The number of ether oxygens (including phenoxy) is 1. The minimum atomic E-state index is -3.97. The lowest BCUT2D eigenvalue weighted by atomic mass is 9.64. The van der Waals surface area contributed by atoms with E-state index in [1.807, 2.05) is 19.1 Å². The molecule has 0 saturated heterocycles. The van der Waals surface area contributed by atoms with Gasteiger partial charge in [0.05, 0.1) is 17.5 Å². The predicted octanol–water partition coefficient (Wildman–Crippen LogP) is 6.42. The molecule has 2 N–H and O–H groups in total. The zero-order valence-electron chi connectivity index (χ0n) is 27.0. The molecule has 2 aliphatic carbocycles. The Bertz CT molecular complexity index is 1700. The first-order chi connectivity index (χ1) is 21.9. The zero-order chi connectivity index (χ0) is 32.7. The summed E-state index contributed by atoms with van der Waals surface area (Å²) in [4.78, 5) is 15.8. The van der Waals surface area contributed by atoms with Crippen LogP contribution in [0.3, 0.4) is 0 Å². The lowest BCUT2D eigenvalue weighted by molar-refractivity contribution is -0.00325. The molecule has 1 spiro atoms. The third-order valence-electron chi connectivity index (χ3n) is 10.8. The summed E-state index contributed by atoms with van der Waals surface area (Å²) < 4.78 is 35.6. The molecule has 6 rings (SSSR count). The number of hydrogen-bond donors (Lipinski definition) is 2. The Morgan fingerprint density at radius 1 is 1.17 bits per heavy atom. The summed E-state index contributed by atoms with van der Waals surface area (Å²) in [7, 11) is -3.97. The number of anilines is 1. The van der Waals surface area contributed by atoms with Crippen molar-refractivity contribution in [3.63, 3.8) is 0 Å². The Morgan fingerprint density at radius 3 is 2.76 bits per heavy atom. The summed E-state index contributed by atoms with van der Waals surface area (Å²) in [5.74, 6) is 6.22. The first-order valence-electron chi connectivity index (χ1n) is 16.7. The Labute approximate surface area is 278 Å². The number of unbranched alkanes of at least 4 members (excludes halogenated alkanes) is 1. The molecule has 9 heteroatoms. The lowest BCUT2D eigenvalue weighted by Gasteiger charge is -2.47. The SMILES string of the molecule is CCCC#C[C@]1(O)/C=C/C[C@H](C)[C@@H](C)S(=O)(=O)NC(=O)c2ccc3c(c2)N(C[C@@H]2CC[C@H]21)C[C@@]1(CCCc2cc(Cl)ccc21)CO3. The number of allylic oxidation sites excluding steroid dienone is 1. The molecule has 2 heterocycles. The second kappa shape index (κ2) is 12.9. The van der Waals surface area contributed by atoms with E-state index in [-0.39, 0.29) is 28.7 Å². The molecule has 2 aromatic rings. The minimum Gasteiger partial charge on any atom is -0.490 e. The maximum absolute atomic E-state index is 13.5. The van der Waals surface area contributed by atoms with Gasteiger partial charge in [0.1, 0.15) is 11.4 Å². The molecule has 0 unspecified atom stereocenters. The van der Waals surface area contributed by atoms with Crippen molar-refractivity contribution in [2.24, 2.45) is 17.8 Å². The molecule has 7 nitrogen and oxygen atoms in total. The Morgan fingerprint density at radius 2 is 2.00 bits per heavy atom. The molecule has 2 aliphatic heterocycles. The molecule has 46 heavy (non-hydrogen) atoms. The van der Waals surface area contributed by atoms with Crippen molar-refractivity contribution < 1.29 is 23.1 Å². The normalized spacial score (nSPS) is 32.7. The van der Waals surface area contributed by atoms with Crippen LogP contribution in [0.25, 0.3) is 0 Å². The van der Waals surface area contributed by atoms with E-state index in [0.29, 0.717) is 38.3 Å². The molecule has 2 aromatic carbocycles. The second-order valence-corrected chi connectivity index (χ2v) is 16.4. The minimum absolute atomic E-state index is 0.0787. The second-order valence-electron chi connectivity index (χ2n) is 13.9. The number of hydrogen-bond acceptors (Lipinski definition) is 6. The van der Waals surface area contributed by atoms with Gasteiger partial charge in [0, 0.05) is 41.4 Å². The van der Waals surface area contributed by atoms with Crippen LogP contribution in [0.1, 0.15) is 87.2 Å². The molecular weight excluding hydrogens is 620 g/mol. The fourth-order valence-electron chi connectivity index (χ4n) is 7.73. The van der Waals surface area contributed by atoms with Crippen LogP contribution in [0.4, 0.5) is 5.69 Å². The molecule has 4 aliphatic rings. The van der Waals surface area contributed by atoms with Crippen LogP contribution in [0.2, 0.25) is 5.02 Å². The number of carbonyl (C=O) groups excluding carboxylic acids is 1. The number of halogens is 1. The van der Waals surface area contributed by atoms with Gasteiger partial charge in [-0.15, -0.1) is 0 Å². The van der Waals surface area contributed by atoms with E-state index in [0.717, 1.165) is 49.2 Å². The average Bonchev–Trinajstić information content (AvgIpc) is 3.15. The summed E-state index contributed by atoms with van der Waals surface area (Å²) in [6, 6.07) is 11.4. The van der Waals surface area contributed by atoms with Crippen molar-refractivity contribution in [1.82, 2.24) is 4.72 Å². The maximum Gasteiger partial charge on any atom is 0.264 e. The highest BCUT2D eigenvalue weighted by molar-refractivity contribution is 7.90. The van der Waals surface area contributed by atoms with Crippen LogP contribution in [0, 0.1) is 29.6 Å². The highest BCUT2D eigenvalue weighted by Gasteiger charge is 2.47. The van der Waals surface area contributed by atoms with Crippen LogP contribution in [-0.2, 0) is 21.9 Å². The van der Waals surface area contributed by atoms with Gasteiger partial charge < -0.3 is 14.7 Å². The van der Waals surface area contributed by atoms with Gasteiger partial charge in [-0.25, -0.2) is 13.1 Å². The van der Waals surface area contributed by atoms with E-state index >= 15 is 0 Å². The van der Waals surface area contributed by atoms with Gasteiger partial charge in [-0.05, 0) is 111 Å². The van der Waals surface area contributed by atoms with Crippen LogP contribution >= 0.6 is 11.6 Å². The molecule has 2 bridgehead atoms. The number of fused-ring (bicyclic) bond motifs is 4. The van der Waals surface area contributed by atoms with Gasteiger partial charge in [-0.3, -0.25) is 4.79 Å². The average molecular weight is 665 g/mol. The summed E-state index contributed by atoms with van der Waals surface area (Å²) in [5.41, 5.74) is 1.89. The van der Waals surface area contributed by atoms with E-state index in [4.69, 9.17) is 16.3 Å². The van der Waals surface area contributed by atoms with E-state index in [9.17, 15) is 18.3 Å². The third kappa shape index (κ3) is 6.31. The molecule has 1 fully saturated rings. The summed E-state index contributed by atoms with van der Waals surface area (Å²) in [6.07, 6.45) is 10.4. The van der Waals surface area contributed by atoms with Crippen molar-refractivity contribution in [3.05, 3.63) is 70.3 Å². The Hall–Kier alpha value is -2.99. The van der Waals surface area contributed by atoms with Crippen LogP contribution < -0.4 is 14.4 Å². The van der Waals surface area contributed by atoms with Crippen molar-refractivity contribution in [3.8, 4) is 17.6 Å². The lowest BCUT2D eigenvalue weighted by Crippen LogP contribution is -2.52. The summed E-state index contributed by atoms with van der Waals surface area (Å²) in [5, 5.41) is 12.0. The smallest absolute Gasteiger partial charge is 0.264 e. The van der Waals surface area contributed by atoms with Gasteiger partial charge in [-0.2, -0.15) is 0 Å². The predicted molar refractivity (Wildman–Crippen MR) is 183 cm³/mol. The van der Waals surface area contributed by atoms with E-state index in [2.05, 4.69) is 40.5 Å². The van der Waals surface area contributed by atoms with Gasteiger partial charge in [0.15, 0.2) is 0 Å². The van der Waals surface area contributed by atoms with E-state index < -0.39 is 26.8 Å². The van der Waals surface area contributed by atoms with Gasteiger partial charge in [-0.1, -0.05) is 49.4 Å². The van der Waals surface area contributed by atoms with Crippen LogP contribution in [-0.4, -0.2) is 50.0 Å². The number of aliphatic hydroxyl groups is 1. The van der Waals surface area contributed by atoms with Crippen molar-refractivity contribution in [1.29, 1.82) is 0 Å². The Kier molecular flexibility index (Phi) is 9.23. The summed E-state index contributed by atoms with van der Waals surface area (Å²) >= 11 is 6.42. The summed E-state index contributed by atoms with van der Waals surface area (Å²) in [6.45, 7) is 7.32. The monoisotopic (exact) mass is 664 g/mol. The molecular formula is C37H45ClN2O5S. The van der Waals surface area contributed by atoms with Crippen molar-refractivity contribution in [2.45, 2.75) is 88.4 Å². The van der Waals surface area contributed by atoms with Gasteiger partial charge >= 0.3 is 0 Å². The van der Waals surface area contributed by atoms with Crippen LogP contribution in [0.5, 0.6) is 5.75 Å². The molecule has 246 valence electrons. The topological polar surface area (TPSA) is 95.9 Å². The number of sulfonamides is 1. The number of amides is 1. The Balaban J connectivity index is 1.45.